The van der Waals surface area contributed by atoms with Gasteiger partial charge >= 0.3 is 6.18 Å². The standard InChI is InChI=1S/C41H45F3N6O5/c1-54-38-33-26-50(36-12-13-37(51)46-39(36)52)40(53)32(33)10-11-35(38)49-21-19-47(20-22-49)16-2-3-23-55-31-8-5-27(6-9-31)28-14-17-48(18-15-28)30-7-4-29(25-45)34(24-30)41(42,43)44/h4-11,24,28,36H,2-3,12-23,26H2,1H3,(H,46,51,52). The molecule has 0 radical (unpaired) electrons. The molecule has 3 aromatic rings. The number of anilines is 2. The molecule has 0 saturated carbocycles. The first kappa shape index (κ1) is 38.0. The summed E-state index contributed by atoms with van der Waals surface area (Å²) in [6.45, 7) is 6.54. The molecule has 3 amide bonds. The monoisotopic (exact) mass is 758 g/mol. The average Bonchev–Trinajstić information content (AvgIpc) is 3.53. The molecule has 290 valence electrons. The van der Waals surface area contributed by atoms with Crippen molar-refractivity contribution in [3.63, 3.8) is 0 Å². The van der Waals surface area contributed by atoms with Crippen LogP contribution < -0.4 is 24.6 Å². The second kappa shape index (κ2) is 16.2. The third-order valence-corrected chi connectivity index (χ3v) is 11.3. The number of alkyl halides is 3. The van der Waals surface area contributed by atoms with E-state index >= 15 is 0 Å². The maximum atomic E-state index is 13.5. The van der Waals surface area contributed by atoms with Gasteiger partial charge in [0.15, 0.2) is 0 Å². The van der Waals surface area contributed by atoms with Crippen LogP contribution in [0.5, 0.6) is 11.5 Å². The van der Waals surface area contributed by atoms with Gasteiger partial charge in [-0.1, -0.05) is 12.1 Å². The average molecular weight is 759 g/mol. The minimum atomic E-state index is -4.57. The van der Waals surface area contributed by atoms with E-state index in [4.69, 9.17) is 14.7 Å². The molecule has 0 aromatic heterocycles. The predicted octanol–water partition coefficient (Wildman–Crippen LogP) is 5.71. The molecule has 55 heavy (non-hydrogen) atoms. The molecule has 7 rings (SSSR count). The van der Waals surface area contributed by atoms with Crippen molar-refractivity contribution in [1.29, 1.82) is 5.26 Å². The van der Waals surface area contributed by atoms with E-state index in [0.29, 0.717) is 49.0 Å². The van der Waals surface area contributed by atoms with Crippen molar-refractivity contribution in [2.75, 3.05) is 69.3 Å². The first-order chi connectivity index (χ1) is 26.5. The number of rotatable bonds is 11. The zero-order valence-corrected chi connectivity index (χ0v) is 30.9. The topological polar surface area (TPSA) is 118 Å². The van der Waals surface area contributed by atoms with Crippen LogP contribution in [0.25, 0.3) is 0 Å². The summed E-state index contributed by atoms with van der Waals surface area (Å²) in [4.78, 5) is 45.6. The van der Waals surface area contributed by atoms with Gasteiger partial charge in [-0.3, -0.25) is 24.6 Å². The number of piperidine rings is 2. The normalized spacial score (nSPS) is 19.7. The fourth-order valence-corrected chi connectivity index (χ4v) is 8.29. The Hall–Kier alpha value is -5.29. The number of hydrogen-bond acceptors (Lipinski definition) is 9. The van der Waals surface area contributed by atoms with Crippen molar-refractivity contribution in [2.45, 2.75) is 63.2 Å². The lowest BCUT2D eigenvalue weighted by Crippen LogP contribution is -2.52. The SMILES string of the molecule is COc1c(N2CCN(CCCCOc3ccc(C4CCN(c5ccc(C#N)c(C(F)(F)F)c5)CC4)cc3)CC2)ccc2c1CN(C1CCC(=O)NC1=O)C2=O. The van der Waals surface area contributed by atoms with E-state index in [2.05, 4.69) is 27.2 Å². The number of fused-ring (bicyclic) bond motifs is 1. The lowest BCUT2D eigenvalue weighted by atomic mass is 9.89. The molecule has 1 atom stereocenters. The van der Waals surface area contributed by atoms with Crippen LogP contribution in [0.15, 0.2) is 54.6 Å². The van der Waals surface area contributed by atoms with E-state index in [1.807, 2.05) is 29.2 Å². The molecule has 3 saturated heterocycles. The van der Waals surface area contributed by atoms with Crippen molar-refractivity contribution in [3.05, 3.63) is 82.4 Å². The summed E-state index contributed by atoms with van der Waals surface area (Å²) >= 11 is 0. The number of hydrogen-bond donors (Lipinski definition) is 1. The summed E-state index contributed by atoms with van der Waals surface area (Å²) in [6, 6.07) is 16.8. The van der Waals surface area contributed by atoms with Gasteiger partial charge in [0.1, 0.15) is 17.5 Å². The second-order valence-electron chi connectivity index (χ2n) is 14.6. The Morgan fingerprint density at radius 1 is 0.891 bits per heavy atom. The van der Waals surface area contributed by atoms with Gasteiger partial charge in [0, 0.05) is 62.5 Å². The number of carbonyl (C=O) groups is 3. The van der Waals surface area contributed by atoms with Crippen LogP contribution in [0.1, 0.15) is 77.1 Å². The van der Waals surface area contributed by atoms with E-state index in [1.165, 1.54) is 11.6 Å². The molecule has 0 spiro atoms. The molecule has 11 nitrogen and oxygen atoms in total. The molecule has 1 unspecified atom stereocenters. The number of imide groups is 1. The number of halogens is 3. The van der Waals surface area contributed by atoms with Crippen molar-refractivity contribution in [2.24, 2.45) is 0 Å². The second-order valence-corrected chi connectivity index (χ2v) is 14.6. The Bertz CT molecular complexity index is 1950. The van der Waals surface area contributed by atoms with Gasteiger partial charge in [0.2, 0.25) is 11.8 Å². The van der Waals surface area contributed by atoms with Crippen LogP contribution in [0, 0.1) is 11.3 Å². The van der Waals surface area contributed by atoms with Crippen LogP contribution in [0.2, 0.25) is 0 Å². The molecule has 14 heteroatoms. The number of nitrogens with zero attached hydrogens (tertiary/aromatic N) is 5. The highest BCUT2D eigenvalue weighted by molar-refractivity contribution is 6.06. The summed E-state index contributed by atoms with van der Waals surface area (Å²) in [7, 11) is 1.61. The number of nitriles is 1. The van der Waals surface area contributed by atoms with Gasteiger partial charge in [-0.15, -0.1) is 0 Å². The summed E-state index contributed by atoms with van der Waals surface area (Å²) < 4.78 is 52.3. The van der Waals surface area contributed by atoms with Crippen molar-refractivity contribution >= 4 is 29.1 Å². The fraction of sp³-hybridized carbons (Fsp3) is 0.463. The quantitative estimate of drug-likeness (QED) is 0.194. The van der Waals surface area contributed by atoms with Gasteiger partial charge in [-0.2, -0.15) is 18.4 Å². The van der Waals surface area contributed by atoms with Gasteiger partial charge in [0.25, 0.3) is 5.91 Å². The maximum Gasteiger partial charge on any atom is 0.417 e. The molecule has 3 aromatic carbocycles. The highest BCUT2D eigenvalue weighted by atomic mass is 19.4. The third kappa shape index (κ3) is 8.22. The van der Waals surface area contributed by atoms with Crippen molar-refractivity contribution < 1.29 is 37.0 Å². The van der Waals surface area contributed by atoms with Crippen LogP contribution >= 0.6 is 0 Å². The molecular formula is C41H45F3N6O5. The van der Waals surface area contributed by atoms with Crippen LogP contribution in [-0.2, 0) is 22.3 Å². The lowest BCUT2D eigenvalue weighted by molar-refractivity contribution is -0.138. The summed E-state index contributed by atoms with van der Waals surface area (Å²) in [5.41, 5.74) is 2.70. The van der Waals surface area contributed by atoms with E-state index in [1.54, 1.807) is 24.1 Å². The largest absolute Gasteiger partial charge is 0.494 e. The number of benzene rings is 3. The highest BCUT2D eigenvalue weighted by Crippen LogP contribution is 2.41. The van der Waals surface area contributed by atoms with E-state index in [9.17, 15) is 27.6 Å². The smallest absolute Gasteiger partial charge is 0.417 e. The number of nitrogens with one attached hydrogen (secondary N) is 1. The van der Waals surface area contributed by atoms with Crippen molar-refractivity contribution in [3.8, 4) is 17.6 Å². The van der Waals surface area contributed by atoms with E-state index in [0.717, 1.165) is 81.5 Å². The van der Waals surface area contributed by atoms with E-state index in [-0.39, 0.29) is 30.3 Å². The molecule has 4 aliphatic heterocycles. The molecule has 4 heterocycles. The molecular weight excluding hydrogens is 713 g/mol. The summed E-state index contributed by atoms with van der Waals surface area (Å²) in [5.74, 6) is 0.837. The fourth-order valence-electron chi connectivity index (χ4n) is 8.29. The Morgan fingerprint density at radius 2 is 1.64 bits per heavy atom. The number of unbranched alkanes of at least 4 members (excludes halogenated alkanes) is 1. The molecule has 1 N–H and O–H groups in total. The first-order valence-electron chi connectivity index (χ1n) is 18.9. The Morgan fingerprint density at radius 3 is 2.31 bits per heavy atom. The maximum absolute atomic E-state index is 13.5. The molecule has 0 bridgehead atoms. The number of ether oxygens (including phenoxy) is 2. The van der Waals surface area contributed by atoms with Gasteiger partial charge in [0.05, 0.1) is 43.1 Å². The Balaban J connectivity index is 0.823. The van der Waals surface area contributed by atoms with Crippen LogP contribution in [0.3, 0.4) is 0 Å². The Labute approximate surface area is 318 Å². The number of carbonyl (C=O) groups excluding carboxylic acids is 3. The molecule has 4 aliphatic rings. The highest BCUT2D eigenvalue weighted by Gasteiger charge is 2.41. The summed E-state index contributed by atoms with van der Waals surface area (Å²) in [5, 5.41) is 11.5. The molecule has 0 aliphatic carbocycles. The lowest BCUT2D eigenvalue weighted by Gasteiger charge is -2.37. The van der Waals surface area contributed by atoms with Gasteiger partial charge in [-0.25, -0.2) is 0 Å². The minimum Gasteiger partial charge on any atom is -0.494 e. The first-order valence-corrected chi connectivity index (χ1v) is 18.9. The Kier molecular flexibility index (Phi) is 11.2. The zero-order valence-electron chi connectivity index (χ0n) is 30.9. The van der Waals surface area contributed by atoms with Crippen LogP contribution in [0.4, 0.5) is 24.5 Å². The summed E-state index contributed by atoms with van der Waals surface area (Å²) in [6.07, 6.45) is -0.480. The number of amides is 3. The van der Waals surface area contributed by atoms with Gasteiger partial charge < -0.3 is 24.2 Å². The van der Waals surface area contributed by atoms with Gasteiger partial charge in [-0.05, 0) is 92.6 Å². The van der Waals surface area contributed by atoms with Crippen molar-refractivity contribution in [1.82, 2.24) is 15.1 Å². The predicted molar refractivity (Wildman–Crippen MR) is 199 cm³/mol. The minimum absolute atomic E-state index is 0.210. The zero-order chi connectivity index (χ0) is 38.7. The van der Waals surface area contributed by atoms with Crippen LogP contribution in [-0.4, -0.2) is 93.1 Å². The molecule has 3 fully saturated rings. The number of methoxy groups -OCH3 is 1. The van der Waals surface area contributed by atoms with E-state index < -0.39 is 23.7 Å². The third-order valence-electron chi connectivity index (χ3n) is 11.3. The number of piperazine rings is 1.